The number of nitrogens with one attached hydrogen (secondary N) is 1. The minimum atomic E-state index is -4.52. The number of halogens is 3. The Morgan fingerprint density at radius 1 is 0.837 bits per heavy atom. The summed E-state index contributed by atoms with van der Waals surface area (Å²) in [6.45, 7) is -0.0522. The molecule has 1 fully saturated rings. The van der Waals surface area contributed by atoms with E-state index >= 15 is 0 Å². The molecule has 224 valence electrons. The molecule has 1 aliphatic rings. The van der Waals surface area contributed by atoms with E-state index in [1.54, 1.807) is 12.1 Å². The van der Waals surface area contributed by atoms with Crippen molar-refractivity contribution >= 4 is 40.8 Å². The number of Topliss-reactive ketones (excluding diaryl/α,β-unsaturated/α-hetero) is 1. The van der Waals surface area contributed by atoms with E-state index in [-0.39, 0.29) is 51.9 Å². The zero-order valence-electron chi connectivity index (χ0n) is 23.2. The van der Waals surface area contributed by atoms with Crippen molar-refractivity contribution in [2.75, 3.05) is 6.54 Å². The molecule has 0 saturated heterocycles. The maximum absolute atomic E-state index is 13.7. The molecule has 0 unspecified atom stereocenters. The molecule has 43 heavy (non-hydrogen) atoms. The van der Waals surface area contributed by atoms with Crippen molar-refractivity contribution in [3.8, 4) is 0 Å². The van der Waals surface area contributed by atoms with Crippen LogP contribution >= 0.6 is 11.8 Å². The number of rotatable bonds is 11. The summed E-state index contributed by atoms with van der Waals surface area (Å²) >= 11 is -0.326. The average molecular weight is 610 g/mol. The molecule has 1 amide bonds. The summed E-state index contributed by atoms with van der Waals surface area (Å²) in [5, 5.41) is 11.2. The molecule has 0 heterocycles. The molecule has 3 aromatic rings. The van der Waals surface area contributed by atoms with Crippen LogP contribution in [0.25, 0.3) is 5.57 Å². The number of amides is 1. The van der Waals surface area contributed by atoms with Crippen LogP contribution in [0.5, 0.6) is 0 Å². The maximum atomic E-state index is 13.7. The fourth-order valence-corrected chi connectivity index (χ4v) is 5.62. The van der Waals surface area contributed by atoms with Crippen LogP contribution in [0.4, 0.5) is 13.2 Å². The van der Waals surface area contributed by atoms with Crippen molar-refractivity contribution in [3.05, 3.63) is 107 Å². The smallest absolute Gasteiger partial charge is 0.446 e. The van der Waals surface area contributed by atoms with Gasteiger partial charge in [0, 0.05) is 33.7 Å². The molecule has 2 N–H and O–H groups in total. The minimum absolute atomic E-state index is 0.00626. The Kier molecular flexibility index (Phi) is 10.6. The summed E-state index contributed by atoms with van der Waals surface area (Å²) < 4.78 is 38.7. The molecule has 1 aliphatic carbocycles. The highest BCUT2D eigenvalue weighted by atomic mass is 32.2. The highest BCUT2D eigenvalue weighted by Crippen LogP contribution is 2.37. The van der Waals surface area contributed by atoms with Crippen molar-refractivity contribution < 1.29 is 37.5 Å². The molecular formula is C33H30F3NO5S. The van der Waals surface area contributed by atoms with Crippen molar-refractivity contribution in [1.82, 2.24) is 5.32 Å². The molecule has 0 radical (unpaired) electrons. The first-order valence-electron chi connectivity index (χ1n) is 13.9. The average Bonchev–Trinajstić information content (AvgIpc) is 2.99. The number of aliphatic carboxylic acids is 1. The third-order valence-corrected chi connectivity index (χ3v) is 7.93. The Morgan fingerprint density at radius 2 is 1.47 bits per heavy atom. The lowest BCUT2D eigenvalue weighted by atomic mass is 9.83. The number of alkyl halides is 3. The molecule has 0 spiro atoms. The molecule has 10 heteroatoms. The van der Waals surface area contributed by atoms with Gasteiger partial charge in [0.15, 0.2) is 11.6 Å². The number of carboxylic acids is 1. The van der Waals surface area contributed by atoms with Crippen molar-refractivity contribution in [2.45, 2.75) is 54.8 Å². The number of hydrogen-bond acceptors (Lipinski definition) is 5. The van der Waals surface area contributed by atoms with Crippen LogP contribution in [-0.4, -0.2) is 40.6 Å². The summed E-state index contributed by atoms with van der Waals surface area (Å²) in [6.07, 6.45) is 6.60. The van der Waals surface area contributed by atoms with Crippen LogP contribution in [0.1, 0.15) is 86.6 Å². The normalized spacial score (nSPS) is 14.3. The predicted octanol–water partition coefficient (Wildman–Crippen LogP) is 7.70. The van der Waals surface area contributed by atoms with Crippen LogP contribution < -0.4 is 5.32 Å². The molecule has 6 nitrogen and oxygen atoms in total. The monoisotopic (exact) mass is 609 g/mol. The number of hydrogen-bond donors (Lipinski definition) is 2. The number of thioether (sulfide) groups is 1. The van der Waals surface area contributed by atoms with Gasteiger partial charge in [-0.05, 0) is 72.0 Å². The topological polar surface area (TPSA) is 101 Å². The van der Waals surface area contributed by atoms with E-state index in [2.05, 4.69) is 5.32 Å². The van der Waals surface area contributed by atoms with E-state index in [0.29, 0.717) is 11.5 Å². The number of carboxylic acid groups (broad SMARTS) is 1. The fraction of sp³-hybridized carbons (Fsp3) is 0.273. The maximum Gasteiger partial charge on any atom is 0.446 e. The van der Waals surface area contributed by atoms with E-state index in [4.69, 9.17) is 5.11 Å². The van der Waals surface area contributed by atoms with Gasteiger partial charge in [-0.2, -0.15) is 13.2 Å². The van der Waals surface area contributed by atoms with Crippen molar-refractivity contribution in [2.24, 2.45) is 0 Å². The highest BCUT2D eigenvalue weighted by molar-refractivity contribution is 8.00. The Hall–Kier alpha value is -4.18. The van der Waals surface area contributed by atoms with Gasteiger partial charge in [-0.3, -0.25) is 19.2 Å². The Labute approximate surface area is 251 Å². The van der Waals surface area contributed by atoms with Gasteiger partial charge in [0.1, 0.15) is 0 Å². The lowest BCUT2D eigenvalue weighted by Gasteiger charge is -2.22. The zero-order chi connectivity index (χ0) is 31.0. The second kappa shape index (κ2) is 14.3. The van der Waals surface area contributed by atoms with E-state index < -0.39 is 29.0 Å². The van der Waals surface area contributed by atoms with Gasteiger partial charge < -0.3 is 10.4 Å². The lowest BCUT2D eigenvalue weighted by Crippen LogP contribution is -2.26. The SMILES string of the molecule is O=C(O)CCNC(=O)c1ccc(C(=O)/C(=C\C(=O)c2cccc(SC(F)(F)F)c2)c2ccc(C3CCCCC3)cc2)cc1. The van der Waals surface area contributed by atoms with E-state index in [1.807, 2.05) is 12.1 Å². The van der Waals surface area contributed by atoms with Crippen LogP contribution in [0.15, 0.2) is 83.8 Å². The van der Waals surface area contributed by atoms with Gasteiger partial charge in [-0.15, -0.1) is 0 Å². The number of allylic oxidation sites excluding steroid dienone is 2. The largest absolute Gasteiger partial charge is 0.481 e. The van der Waals surface area contributed by atoms with Crippen LogP contribution in [0.2, 0.25) is 0 Å². The summed E-state index contributed by atoms with van der Waals surface area (Å²) in [7, 11) is 0. The van der Waals surface area contributed by atoms with Gasteiger partial charge in [0.2, 0.25) is 0 Å². The summed E-state index contributed by atoms with van der Waals surface area (Å²) in [5.74, 6) is -2.25. The molecular weight excluding hydrogens is 579 g/mol. The standard InChI is InChI=1S/C33H30F3NO5S/c34-33(35,36)43-27-8-4-7-26(19-27)29(38)20-28(23-11-9-22(10-12-23)21-5-2-1-3-6-21)31(41)24-13-15-25(16-14-24)32(42)37-18-17-30(39)40/h4,7-16,19-21H,1-3,5-6,17-18H2,(H,37,42)(H,39,40)/b28-20-. The second-order valence-electron chi connectivity index (χ2n) is 10.3. The lowest BCUT2D eigenvalue weighted by molar-refractivity contribution is -0.136. The Balaban J connectivity index is 1.63. The van der Waals surface area contributed by atoms with Gasteiger partial charge in [0.05, 0.1) is 6.42 Å². The third-order valence-electron chi connectivity index (χ3n) is 7.20. The van der Waals surface area contributed by atoms with Gasteiger partial charge in [-0.25, -0.2) is 0 Å². The summed E-state index contributed by atoms with van der Waals surface area (Å²) in [5.41, 5.74) is -2.40. The Morgan fingerprint density at radius 3 is 2.09 bits per heavy atom. The summed E-state index contributed by atoms with van der Waals surface area (Å²) in [4.78, 5) is 49.9. The first kappa shape index (κ1) is 31.7. The van der Waals surface area contributed by atoms with Gasteiger partial charge >= 0.3 is 11.5 Å². The van der Waals surface area contributed by atoms with Gasteiger partial charge in [0.25, 0.3) is 5.91 Å². The minimum Gasteiger partial charge on any atom is -0.481 e. The first-order valence-corrected chi connectivity index (χ1v) is 14.7. The van der Waals surface area contributed by atoms with Crippen LogP contribution in [-0.2, 0) is 4.79 Å². The van der Waals surface area contributed by atoms with E-state index in [0.717, 1.165) is 43.4 Å². The second-order valence-corrected chi connectivity index (χ2v) is 11.4. The van der Waals surface area contributed by atoms with Crippen molar-refractivity contribution in [3.63, 3.8) is 0 Å². The third kappa shape index (κ3) is 9.15. The number of carbonyl (C=O) groups excluding carboxylic acids is 3. The van der Waals surface area contributed by atoms with Crippen LogP contribution in [0.3, 0.4) is 0 Å². The molecule has 0 aromatic heterocycles. The quantitative estimate of drug-likeness (QED) is 0.131. The highest BCUT2D eigenvalue weighted by Gasteiger charge is 2.29. The van der Waals surface area contributed by atoms with E-state index in [9.17, 15) is 32.3 Å². The number of benzene rings is 3. The van der Waals surface area contributed by atoms with Crippen molar-refractivity contribution in [1.29, 1.82) is 0 Å². The predicted molar refractivity (Wildman–Crippen MR) is 158 cm³/mol. The molecule has 0 bridgehead atoms. The Bertz CT molecular complexity index is 1510. The van der Waals surface area contributed by atoms with Crippen LogP contribution in [0, 0.1) is 0 Å². The van der Waals surface area contributed by atoms with Gasteiger partial charge in [-0.1, -0.05) is 67.8 Å². The zero-order valence-corrected chi connectivity index (χ0v) is 24.0. The number of carbonyl (C=O) groups is 4. The fourth-order valence-electron chi connectivity index (χ4n) is 5.03. The van der Waals surface area contributed by atoms with E-state index in [1.165, 1.54) is 48.9 Å². The molecule has 0 atom stereocenters. The molecule has 4 rings (SSSR count). The summed E-state index contributed by atoms with van der Waals surface area (Å²) in [6, 6.07) is 18.3. The molecule has 3 aromatic carbocycles. The molecule has 1 saturated carbocycles. The number of ketones is 2. The first-order chi connectivity index (χ1) is 20.5. The molecule has 0 aliphatic heterocycles.